The van der Waals surface area contributed by atoms with E-state index in [4.69, 9.17) is 18.6 Å². The van der Waals surface area contributed by atoms with Gasteiger partial charge in [0, 0.05) is 6.54 Å². The van der Waals surface area contributed by atoms with Crippen LogP contribution < -0.4 is 9.80 Å². The zero-order valence-corrected chi connectivity index (χ0v) is 31.6. The molecule has 0 aliphatic heterocycles. The van der Waals surface area contributed by atoms with Crippen molar-refractivity contribution in [1.29, 1.82) is 0 Å². The molecule has 56 heavy (non-hydrogen) atoms. The number of aromatic nitrogens is 3. The summed E-state index contributed by atoms with van der Waals surface area (Å²) in [6, 6.07) is 8.05. The van der Waals surface area contributed by atoms with Gasteiger partial charge in [0.15, 0.2) is 5.69 Å². The van der Waals surface area contributed by atoms with E-state index in [2.05, 4.69) is 28.3 Å². The number of allylic oxidation sites excluding steroid dienone is 1. The molecular weight excluding hydrogens is 756 g/mol. The first-order valence-electron chi connectivity index (χ1n) is 17.0. The van der Waals surface area contributed by atoms with Gasteiger partial charge >= 0.3 is 30.5 Å². The van der Waals surface area contributed by atoms with Crippen molar-refractivity contribution < 1.29 is 64.5 Å². The number of aliphatic carboxylic acids is 1. The van der Waals surface area contributed by atoms with Crippen LogP contribution in [0.4, 0.5) is 47.4 Å². The Morgan fingerprint density at radius 1 is 0.875 bits per heavy atom. The number of imide groups is 1. The largest absolute Gasteiger partial charge is 0.480 e. The molecule has 0 bridgehead atoms. The number of nitrogens with zero attached hydrogens (tertiary/aromatic N) is 5. The van der Waals surface area contributed by atoms with Gasteiger partial charge in [0.05, 0.1) is 12.3 Å². The van der Waals surface area contributed by atoms with Crippen molar-refractivity contribution in [2.24, 2.45) is 0 Å². The Kier molecular flexibility index (Phi) is 14.1. The number of rotatable bonds is 15. The second-order valence-corrected chi connectivity index (χ2v) is 14.3. The number of carbonyl (C=O) groups excluding carboxylic acids is 2. The second kappa shape index (κ2) is 17.6. The summed E-state index contributed by atoms with van der Waals surface area (Å²) in [5.74, 6) is -4.87. The van der Waals surface area contributed by atoms with Crippen LogP contribution in [0.25, 0.3) is 11.6 Å². The number of carbonyl (C=O) groups is 3. The van der Waals surface area contributed by atoms with Crippen LogP contribution in [-0.4, -0.2) is 68.9 Å². The average molecular weight is 800 g/mol. The van der Waals surface area contributed by atoms with Gasteiger partial charge < -0.3 is 28.6 Å². The third-order valence-corrected chi connectivity index (χ3v) is 7.37. The van der Waals surface area contributed by atoms with Crippen LogP contribution in [0.15, 0.2) is 66.1 Å². The lowest BCUT2D eigenvalue weighted by Crippen LogP contribution is -2.45. The summed E-state index contributed by atoms with van der Waals surface area (Å²) in [7, 11) is 0. The van der Waals surface area contributed by atoms with Gasteiger partial charge in [-0.05, 0) is 72.4 Å². The molecule has 1 atom stereocenters. The maximum absolute atomic E-state index is 15.2. The van der Waals surface area contributed by atoms with E-state index >= 15 is 13.2 Å². The molecule has 0 saturated heterocycles. The number of anilines is 2. The summed E-state index contributed by atoms with van der Waals surface area (Å²) in [5.41, 5.74) is -9.36. The molecule has 0 radical (unpaired) electrons. The number of hydrogen-bond donors (Lipinski definition) is 1. The number of amides is 2. The van der Waals surface area contributed by atoms with E-state index in [-0.39, 0.29) is 23.8 Å². The lowest BCUT2D eigenvalue weighted by Gasteiger charge is -2.32. The molecule has 306 valence electrons. The van der Waals surface area contributed by atoms with Crippen LogP contribution in [0.5, 0.6) is 0 Å². The van der Waals surface area contributed by atoms with Gasteiger partial charge in [-0.15, -0.1) is 23.4 Å². The minimum Gasteiger partial charge on any atom is -0.480 e. The zero-order valence-electron chi connectivity index (χ0n) is 31.6. The van der Waals surface area contributed by atoms with E-state index in [9.17, 15) is 32.7 Å². The van der Waals surface area contributed by atoms with Crippen LogP contribution >= 0.6 is 0 Å². The highest BCUT2D eigenvalue weighted by atomic mass is 19.4. The molecule has 13 nitrogen and oxygen atoms in total. The normalized spacial score (nSPS) is 13.4. The first-order valence-corrected chi connectivity index (χ1v) is 17.0. The first kappa shape index (κ1) is 44.9. The molecule has 3 rings (SSSR count). The number of pyridine rings is 1. The van der Waals surface area contributed by atoms with E-state index in [1.165, 1.54) is 65.8 Å². The highest BCUT2D eigenvalue weighted by Crippen LogP contribution is 2.48. The van der Waals surface area contributed by atoms with Gasteiger partial charge in [-0.3, -0.25) is 4.79 Å². The van der Waals surface area contributed by atoms with Crippen molar-refractivity contribution in [2.75, 3.05) is 22.9 Å². The van der Waals surface area contributed by atoms with Gasteiger partial charge in [0.25, 0.3) is 11.8 Å². The highest BCUT2D eigenvalue weighted by molar-refractivity contribution is 6.11. The lowest BCUT2D eigenvalue weighted by molar-refractivity contribution is -0.299. The number of ether oxygens (including phenoxy) is 3. The monoisotopic (exact) mass is 799 g/mol. The molecule has 2 aromatic heterocycles. The standard InChI is InChI=1S/C37H43F6N5O8/c1-9-11-18-35(37(41,42)43,53-22-23-16-14-13-15-17-23)30-46-45-29(54-30)27-25(48(31(51)55-33(3,4)5)32(52)56-34(6,7)8)20-24(36(38,39)40)28(44-27)47(19-12-10-2)21-26(49)50/h9-10,13-17,20H,1-2,11-12,18-19,21-22H2,3-8H3,(H,49,50). The molecule has 1 aromatic carbocycles. The minimum atomic E-state index is -5.34. The molecule has 1 unspecified atom stereocenters. The topological polar surface area (TPSA) is 157 Å². The highest BCUT2D eigenvalue weighted by Gasteiger charge is 2.61. The summed E-state index contributed by atoms with van der Waals surface area (Å²) in [6.45, 7) is 13.3. The van der Waals surface area contributed by atoms with E-state index in [0.717, 1.165) is 0 Å². The molecule has 0 spiro atoms. The van der Waals surface area contributed by atoms with Crippen molar-refractivity contribution in [1.82, 2.24) is 15.2 Å². The number of carboxylic acid groups (broad SMARTS) is 1. The first-order chi connectivity index (χ1) is 25.8. The Morgan fingerprint density at radius 3 is 1.93 bits per heavy atom. The van der Waals surface area contributed by atoms with Crippen molar-refractivity contribution in [3.8, 4) is 11.6 Å². The van der Waals surface area contributed by atoms with Crippen molar-refractivity contribution >= 4 is 29.7 Å². The lowest BCUT2D eigenvalue weighted by atomic mass is 9.96. The van der Waals surface area contributed by atoms with Gasteiger partial charge in [0.2, 0.25) is 5.60 Å². The molecule has 2 amide bonds. The van der Waals surface area contributed by atoms with Crippen LogP contribution in [-0.2, 0) is 37.4 Å². The quantitative estimate of drug-likeness (QED) is 0.115. The smallest absolute Gasteiger partial charge is 0.426 e. The average Bonchev–Trinajstić information content (AvgIpc) is 3.55. The zero-order chi connectivity index (χ0) is 42.3. The number of carboxylic acids is 1. The molecule has 0 aliphatic carbocycles. The molecule has 19 heteroatoms. The fraction of sp³-hybridized carbons (Fsp3) is 0.459. The maximum Gasteiger partial charge on any atom is 0.426 e. The van der Waals surface area contributed by atoms with Crippen LogP contribution in [0.1, 0.15) is 77.8 Å². The van der Waals surface area contributed by atoms with Crippen LogP contribution in [0.2, 0.25) is 0 Å². The molecule has 0 aliphatic rings. The van der Waals surface area contributed by atoms with Gasteiger partial charge in [-0.1, -0.05) is 42.5 Å². The summed E-state index contributed by atoms with van der Waals surface area (Å²) in [6.07, 6.45) is -12.5. The third-order valence-electron chi connectivity index (χ3n) is 7.37. The third kappa shape index (κ3) is 11.5. The van der Waals surface area contributed by atoms with E-state index in [1.54, 1.807) is 18.2 Å². The molecule has 3 aromatic rings. The van der Waals surface area contributed by atoms with Crippen molar-refractivity contribution in [3.63, 3.8) is 0 Å². The summed E-state index contributed by atoms with van der Waals surface area (Å²) < 4.78 is 112. The number of hydrogen-bond acceptors (Lipinski definition) is 11. The van der Waals surface area contributed by atoms with E-state index < -0.39 is 108 Å². The Morgan fingerprint density at radius 2 is 1.45 bits per heavy atom. The Bertz CT molecular complexity index is 1840. The van der Waals surface area contributed by atoms with Gasteiger partial charge in [0.1, 0.15) is 29.1 Å². The number of alkyl halides is 6. The fourth-order valence-corrected chi connectivity index (χ4v) is 4.98. The predicted molar refractivity (Wildman–Crippen MR) is 191 cm³/mol. The molecule has 0 fully saturated rings. The van der Waals surface area contributed by atoms with Gasteiger partial charge in [-0.25, -0.2) is 14.6 Å². The molecule has 2 heterocycles. The summed E-state index contributed by atoms with van der Waals surface area (Å²) in [5, 5.41) is 17.0. The second-order valence-electron chi connectivity index (χ2n) is 14.3. The van der Waals surface area contributed by atoms with Crippen LogP contribution in [0.3, 0.4) is 0 Å². The Hall–Kier alpha value is -5.46. The van der Waals surface area contributed by atoms with Crippen molar-refractivity contribution in [2.45, 2.75) is 96.6 Å². The van der Waals surface area contributed by atoms with Gasteiger partial charge in [-0.2, -0.15) is 31.2 Å². The number of halogens is 6. The SMILES string of the molecule is C=CCCN(CC(=O)O)c1nc(-c2nnc(C(CCC=C)(OCc3ccccc3)C(F)(F)F)o2)c(N(C(=O)OC(C)(C)C)C(=O)OC(C)(C)C)cc1C(F)(F)F. The Labute approximate surface area is 318 Å². The molecule has 1 N–H and O–H groups in total. The van der Waals surface area contributed by atoms with E-state index in [0.29, 0.717) is 10.5 Å². The summed E-state index contributed by atoms with van der Waals surface area (Å²) in [4.78, 5) is 44.1. The van der Waals surface area contributed by atoms with Crippen LogP contribution in [0, 0.1) is 0 Å². The fourth-order valence-electron chi connectivity index (χ4n) is 4.98. The Balaban J connectivity index is 2.51. The van der Waals surface area contributed by atoms with Crippen molar-refractivity contribution in [3.05, 3.63) is 78.7 Å². The maximum atomic E-state index is 15.2. The van der Waals surface area contributed by atoms with E-state index in [1.807, 2.05) is 0 Å². The number of benzene rings is 1. The summed E-state index contributed by atoms with van der Waals surface area (Å²) >= 11 is 0. The minimum absolute atomic E-state index is 0.0492. The predicted octanol–water partition coefficient (Wildman–Crippen LogP) is 9.23. The molecular formula is C37H43F6N5O8. The molecule has 0 saturated carbocycles.